The van der Waals surface area contributed by atoms with Gasteiger partial charge in [0.1, 0.15) is 0 Å². The van der Waals surface area contributed by atoms with Crippen molar-refractivity contribution in [1.82, 2.24) is 5.32 Å². The van der Waals surface area contributed by atoms with Crippen molar-refractivity contribution in [3.63, 3.8) is 0 Å². The highest BCUT2D eigenvalue weighted by molar-refractivity contribution is 6.30. The second-order valence-electron chi connectivity index (χ2n) is 5.17. The molecule has 1 aromatic carbocycles. The molecule has 1 nitrogen and oxygen atoms in total. The molecule has 1 unspecified atom stereocenters. The summed E-state index contributed by atoms with van der Waals surface area (Å²) >= 11 is 6.13. The molecule has 2 heteroatoms. The zero-order chi connectivity index (χ0) is 12.3. The third kappa shape index (κ3) is 3.02. The Morgan fingerprint density at radius 3 is 2.59 bits per heavy atom. The van der Waals surface area contributed by atoms with Gasteiger partial charge in [0.25, 0.3) is 0 Å². The molecule has 0 aromatic heterocycles. The first kappa shape index (κ1) is 12.9. The Kier molecular flexibility index (Phi) is 4.47. The lowest BCUT2D eigenvalue weighted by molar-refractivity contribution is 0.281. The fourth-order valence-corrected chi connectivity index (χ4v) is 3.24. The Balaban J connectivity index is 2.24. The number of halogens is 1. The molecule has 94 valence electrons. The van der Waals surface area contributed by atoms with E-state index in [0.717, 1.165) is 10.9 Å². The molecule has 1 saturated carbocycles. The standard InChI is InChI=1S/C15H22ClN/c1-11-8-9-13(16)10-14(11)15(17-2)12-6-4-3-5-7-12/h8-10,12,15,17H,3-7H2,1-2H3. The van der Waals surface area contributed by atoms with Crippen LogP contribution in [-0.2, 0) is 0 Å². The Bertz CT molecular complexity index is 369. The highest BCUT2D eigenvalue weighted by atomic mass is 35.5. The van der Waals surface area contributed by atoms with E-state index in [2.05, 4.69) is 31.4 Å². The first-order chi connectivity index (χ1) is 8.22. The topological polar surface area (TPSA) is 12.0 Å². The number of rotatable bonds is 3. The van der Waals surface area contributed by atoms with Crippen LogP contribution in [0, 0.1) is 12.8 Å². The minimum atomic E-state index is 0.467. The lowest BCUT2D eigenvalue weighted by Crippen LogP contribution is -2.27. The second-order valence-corrected chi connectivity index (χ2v) is 5.60. The van der Waals surface area contributed by atoms with E-state index in [1.54, 1.807) is 0 Å². The average Bonchev–Trinajstić information content (AvgIpc) is 2.36. The SMILES string of the molecule is CNC(c1cc(Cl)ccc1C)C1CCCCC1. The summed E-state index contributed by atoms with van der Waals surface area (Å²) in [6.45, 7) is 2.18. The minimum absolute atomic E-state index is 0.467. The van der Waals surface area contributed by atoms with E-state index in [4.69, 9.17) is 11.6 Å². The maximum Gasteiger partial charge on any atom is 0.0409 e. The molecule has 0 radical (unpaired) electrons. The van der Waals surface area contributed by atoms with Crippen molar-refractivity contribution in [2.75, 3.05) is 7.05 Å². The minimum Gasteiger partial charge on any atom is -0.313 e. The van der Waals surface area contributed by atoms with Crippen molar-refractivity contribution in [3.8, 4) is 0 Å². The van der Waals surface area contributed by atoms with E-state index < -0.39 is 0 Å². The van der Waals surface area contributed by atoms with Crippen LogP contribution in [0.1, 0.15) is 49.3 Å². The quantitative estimate of drug-likeness (QED) is 0.835. The second kappa shape index (κ2) is 5.88. The van der Waals surface area contributed by atoms with Crippen LogP contribution >= 0.6 is 11.6 Å². The Hall–Kier alpha value is -0.530. The fraction of sp³-hybridized carbons (Fsp3) is 0.600. The van der Waals surface area contributed by atoms with Crippen LogP contribution in [0.25, 0.3) is 0 Å². The van der Waals surface area contributed by atoms with Crippen LogP contribution < -0.4 is 5.32 Å². The van der Waals surface area contributed by atoms with Crippen LogP contribution in [0.4, 0.5) is 0 Å². The molecule has 0 aliphatic heterocycles. The van der Waals surface area contributed by atoms with E-state index in [9.17, 15) is 0 Å². The maximum atomic E-state index is 6.13. The normalized spacial score (nSPS) is 19.2. The van der Waals surface area contributed by atoms with Crippen LogP contribution in [0.2, 0.25) is 5.02 Å². The molecule has 17 heavy (non-hydrogen) atoms. The summed E-state index contributed by atoms with van der Waals surface area (Å²) in [5.74, 6) is 0.769. The Morgan fingerprint density at radius 1 is 1.24 bits per heavy atom. The molecule has 0 bridgehead atoms. The number of nitrogens with one attached hydrogen (secondary N) is 1. The van der Waals surface area contributed by atoms with Gasteiger partial charge in [0.15, 0.2) is 0 Å². The van der Waals surface area contributed by atoms with Crippen molar-refractivity contribution < 1.29 is 0 Å². The number of hydrogen-bond acceptors (Lipinski definition) is 1. The molecule has 0 heterocycles. The summed E-state index contributed by atoms with van der Waals surface area (Å²) in [4.78, 5) is 0. The van der Waals surface area contributed by atoms with Crippen molar-refractivity contribution >= 4 is 11.6 Å². The van der Waals surface area contributed by atoms with E-state index in [-0.39, 0.29) is 0 Å². The lowest BCUT2D eigenvalue weighted by Gasteiger charge is -2.31. The predicted octanol–water partition coefficient (Wildman–Crippen LogP) is 4.49. The molecule has 2 rings (SSSR count). The van der Waals surface area contributed by atoms with Crippen molar-refractivity contribution in [3.05, 3.63) is 34.3 Å². The maximum absolute atomic E-state index is 6.13. The summed E-state index contributed by atoms with van der Waals surface area (Å²) in [7, 11) is 2.07. The zero-order valence-electron chi connectivity index (χ0n) is 10.8. The van der Waals surface area contributed by atoms with Gasteiger partial charge in [0, 0.05) is 11.1 Å². The highest BCUT2D eigenvalue weighted by Gasteiger charge is 2.24. The van der Waals surface area contributed by atoms with Gasteiger partial charge in [-0.25, -0.2) is 0 Å². The molecular weight excluding hydrogens is 230 g/mol. The smallest absolute Gasteiger partial charge is 0.0409 e. The van der Waals surface area contributed by atoms with Crippen LogP contribution in [-0.4, -0.2) is 7.05 Å². The van der Waals surface area contributed by atoms with E-state index in [1.165, 1.54) is 43.2 Å². The molecule has 0 spiro atoms. The summed E-state index contributed by atoms with van der Waals surface area (Å²) < 4.78 is 0. The van der Waals surface area contributed by atoms with Gasteiger partial charge in [-0.15, -0.1) is 0 Å². The van der Waals surface area contributed by atoms with Gasteiger partial charge in [-0.1, -0.05) is 36.9 Å². The summed E-state index contributed by atoms with van der Waals surface area (Å²) in [6, 6.07) is 6.71. The molecule has 0 saturated heterocycles. The van der Waals surface area contributed by atoms with Gasteiger partial charge in [-0.2, -0.15) is 0 Å². The van der Waals surface area contributed by atoms with E-state index in [0.29, 0.717) is 6.04 Å². The molecular formula is C15H22ClN. The first-order valence-corrected chi connectivity index (χ1v) is 7.03. The molecule has 1 aliphatic carbocycles. The first-order valence-electron chi connectivity index (χ1n) is 6.65. The number of benzene rings is 1. The van der Waals surface area contributed by atoms with Gasteiger partial charge < -0.3 is 5.32 Å². The van der Waals surface area contributed by atoms with Gasteiger partial charge >= 0.3 is 0 Å². The molecule has 1 aromatic rings. The van der Waals surface area contributed by atoms with E-state index in [1.807, 2.05) is 6.07 Å². The highest BCUT2D eigenvalue weighted by Crippen LogP contribution is 2.36. The fourth-order valence-electron chi connectivity index (χ4n) is 3.06. The van der Waals surface area contributed by atoms with Crippen molar-refractivity contribution in [2.24, 2.45) is 5.92 Å². The molecule has 1 fully saturated rings. The van der Waals surface area contributed by atoms with Gasteiger partial charge in [-0.05, 0) is 56.0 Å². The molecule has 1 N–H and O–H groups in total. The van der Waals surface area contributed by atoms with Crippen molar-refractivity contribution in [1.29, 1.82) is 0 Å². The van der Waals surface area contributed by atoms with Crippen LogP contribution in [0.3, 0.4) is 0 Å². The van der Waals surface area contributed by atoms with Gasteiger partial charge in [-0.3, -0.25) is 0 Å². The third-order valence-electron chi connectivity index (χ3n) is 4.01. The number of aryl methyl sites for hydroxylation is 1. The third-order valence-corrected chi connectivity index (χ3v) is 4.24. The van der Waals surface area contributed by atoms with E-state index >= 15 is 0 Å². The monoisotopic (exact) mass is 251 g/mol. The lowest BCUT2D eigenvalue weighted by atomic mass is 9.80. The summed E-state index contributed by atoms with van der Waals surface area (Å²) in [6.07, 6.45) is 6.85. The van der Waals surface area contributed by atoms with Crippen molar-refractivity contribution in [2.45, 2.75) is 45.1 Å². The summed E-state index contributed by atoms with van der Waals surface area (Å²) in [5, 5.41) is 4.35. The van der Waals surface area contributed by atoms with Gasteiger partial charge in [0.2, 0.25) is 0 Å². The number of hydrogen-bond donors (Lipinski definition) is 1. The largest absolute Gasteiger partial charge is 0.313 e. The van der Waals surface area contributed by atoms with Gasteiger partial charge in [0.05, 0.1) is 0 Å². The molecule has 1 aliphatic rings. The average molecular weight is 252 g/mol. The zero-order valence-corrected chi connectivity index (χ0v) is 11.6. The molecule has 1 atom stereocenters. The van der Waals surface area contributed by atoms with Crippen LogP contribution in [0.15, 0.2) is 18.2 Å². The predicted molar refractivity (Wildman–Crippen MR) is 74.6 cm³/mol. The Morgan fingerprint density at radius 2 is 1.94 bits per heavy atom. The summed E-state index contributed by atoms with van der Waals surface area (Å²) in [5.41, 5.74) is 2.73. The van der Waals surface area contributed by atoms with Crippen LogP contribution in [0.5, 0.6) is 0 Å². The molecule has 0 amide bonds. The Labute approximate surface area is 110 Å².